The first-order valence-corrected chi connectivity index (χ1v) is 7.46. The number of para-hydroxylation sites is 1. The number of hydrogen-bond acceptors (Lipinski definition) is 3. The summed E-state index contributed by atoms with van der Waals surface area (Å²) >= 11 is 0. The van der Waals surface area contributed by atoms with Gasteiger partial charge in [-0.2, -0.15) is 0 Å². The number of benzene rings is 1. The number of anilines is 1. The van der Waals surface area contributed by atoms with Crippen LogP contribution in [0, 0.1) is 0 Å². The average molecular weight is 262 g/mol. The van der Waals surface area contributed by atoms with Crippen LogP contribution in [-0.2, 0) is 0 Å². The maximum Gasteiger partial charge on any atom is 0.0606 e. The topological polar surface area (TPSA) is 49.5 Å². The Balaban J connectivity index is 2.27. The van der Waals surface area contributed by atoms with Crippen LogP contribution in [0.25, 0.3) is 0 Å². The van der Waals surface area contributed by atoms with Crippen LogP contribution in [0.2, 0.25) is 0 Å². The summed E-state index contributed by atoms with van der Waals surface area (Å²) in [5, 5.41) is 9.39. The van der Waals surface area contributed by atoms with Crippen molar-refractivity contribution >= 4 is 5.69 Å². The van der Waals surface area contributed by atoms with E-state index in [9.17, 15) is 5.11 Å². The first-order chi connectivity index (χ1) is 9.24. The molecule has 1 aliphatic rings. The lowest BCUT2D eigenvalue weighted by Crippen LogP contribution is -2.39. The van der Waals surface area contributed by atoms with Gasteiger partial charge in [0.2, 0.25) is 0 Å². The fraction of sp³-hybridized carbons (Fsp3) is 0.625. The Labute approximate surface area is 116 Å². The quantitative estimate of drug-likeness (QED) is 0.858. The van der Waals surface area contributed by atoms with E-state index in [1.807, 2.05) is 13.0 Å². The van der Waals surface area contributed by atoms with Crippen molar-refractivity contribution in [2.24, 2.45) is 5.73 Å². The Morgan fingerprint density at radius 1 is 1.26 bits per heavy atom. The molecule has 19 heavy (non-hydrogen) atoms. The second-order valence-corrected chi connectivity index (χ2v) is 5.56. The highest BCUT2D eigenvalue weighted by molar-refractivity contribution is 5.55. The maximum atomic E-state index is 9.39. The van der Waals surface area contributed by atoms with Crippen LogP contribution in [0.4, 0.5) is 5.69 Å². The van der Waals surface area contributed by atoms with Crippen LogP contribution in [0.15, 0.2) is 24.3 Å². The summed E-state index contributed by atoms with van der Waals surface area (Å²) in [5.41, 5.74) is 8.48. The lowest BCUT2D eigenvalue weighted by atomic mass is 9.93. The van der Waals surface area contributed by atoms with E-state index in [2.05, 4.69) is 23.1 Å². The number of hydrogen-bond donors (Lipinski definition) is 2. The highest BCUT2D eigenvalue weighted by atomic mass is 16.3. The Hall–Kier alpha value is -1.06. The van der Waals surface area contributed by atoms with Gasteiger partial charge >= 0.3 is 0 Å². The largest absolute Gasteiger partial charge is 0.395 e. The third-order valence-corrected chi connectivity index (χ3v) is 4.09. The second-order valence-electron chi connectivity index (χ2n) is 5.56. The predicted molar refractivity (Wildman–Crippen MR) is 80.3 cm³/mol. The van der Waals surface area contributed by atoms with Crippen LogP contribution in [-0.4, -0.2) is 24.3 Å². The lowest BCUT2D eigenvalue weighted by molar-refractivity contribution is 0.290. The van der Waals surface area contributed by atoms with Crippen LogP contribution in [0.1, 0.15) is 50.6 Å². The molecule has 0 spiro atoms. The number of nitrogens with zero attached hydrogens (tertiary/aromatic N) is 1. The lowest BCUT2D eigenvalue weighted by Gasteiger charge is -2.37. The van der Waals surface area contributed by atoms with Crippen molar-refractivity contribution in [3.8, 4) is 0 Å². The number of nitrogens with two attached hydrogens (primary N) is 1. The van der Waals surface area contributed by atoms with Crippen molar-refractivity contribution in [2.75, 3.05) is 18.1 Å². The van der Waals surface area contributed by atoms with E-state index in [0.717, 1.165) is 0 Å². The summed E-state index contributed by atoms with van der Waals surface area (Å²) in [6, 6.07) is 8.94. The molecule has 3 nitrogen and oxygen atoms in total. The van der Waals surface area contributed by atoms with Gasteiger partial charge in [-0.3, -0.25) is 0 Å². The maximum absolute atomic E-state index is 9.39. The van der Waals surface area contributed by atoms with Gasteiger partial charge in [0.25, 0.3) is 0 Å². The van der Waals surface area contributed by atoms with Gasteiger partial charge in [-0.1, -0.05) is 37.5 Å². The van der Waals surface area contributed by atoms with Gasteiger partial charge in [0.05, 0.1) is 6.61 Å². The fourth-order valence-corrected chi connectivity index (χ4v) is 3.13. The molecule has 0 radical (unpaired) electrons. The molecular formula is C16H26N2O. The van der Waals surface area contributed by atoms with Crippen molar-refractivity contribution in [2.45, 2.75) is 51.1 Å². The highest BCUT2D eigenvalue weighted by Gasteiger charge is 2.23. The molecule has 106 valence electrons. The third kappa shape index (κ3) is 3.48. The van der Waals surface area contributed by atoms with E-state index in [4.69, 9.17) is 5.73 Å². The molecule has 0 saturated heterocycles. The van der Waals surface area contributed by atoms with Crippen LogP contribution in [0.5, 0.6) is 0 Å². The van der Waals surface area contributed by atoms with Crippen molar-refractivity contribution in [3.63, 3.8) is 0 Å². The Kier molecular flexibility index (Phi) is 5.23. The van der Waals surface area contributed by atoms with Gasteiger partial charge in [-0.05, 0) is 31.4 Å². The Morgan fingerprint density at radius 2 is 1.95 bits per heavy atom. The van der Waals surface area contributed by atoms with Gasteiger partial charge in [0.15, 0.2) is 0 Å². The molecule has 1 aromatic carbocycles. The third-order valence-electron chi connectivity index (χ3n) is 4.09. The molecule has 0 unspecified atom stereocenters. The van der Waals surface area contributed by atoms with E-state index in [1.165, 1.54) is 43.4 Å². The molecule has 0 heterocycles. The summed E-state index contributed by atoms with van der Waals surface area (Å²) < 4.78 is 0. The number of rotatable bonds is 5. The zero-order valence-electron chi connectivity index (χ0n) is 11.9. The molecular weight excluding hydrogens is 236 g/mol. The zero-order chi connectivity index (χ0) is 13.7. The van der Waals surface area contributed by atoms with Gasteiger partial charge < -0.3 is 15.7 Å². The van der Waals surface area contributed by atoms with Gasteiger partial charge in [-0.15, -0.1) is 0 Å². The Bertz CT molecular complexity index is 386. The van der Waals surface area contributed by atoms with E-state index < -0.39 is 0 Å². The molecule has 0 amide bonds. The minimum absolute atomic E-state index is 0.0287. The molecule has 0 aromatic heterocycles. The van der Waals surface area contributed by atoms with E-state index in [-0.39, 0.29) is 12.6 Å². The predicted octanol–water partition coefficient (Wildman–Crippen LogP) is 2.84. The van der Waals surface area contributed by atoms with Crippen molar-refractivity contribution in [1.29, 1.82) is 0 Å². The highest BCUT2D eigenvalue weighted by Crippen LogP contribution is 2.31. The van der Waals surface area contributed by atoms with E-state index in [0.29, 0.717) is 12.6 Å². The molecule has 1 fully saturated rings. The SMILES string of the molecule is C[C@@H](N)c1ccccc1N(CCO)C1CCCCC1. The molecule has 0 bridgehead atoms. The number of aliphatic hydroxyl groups excluding tert-OH is 1. The molecule has 1 aromatic rings. The Morgan fingerprint density at radius 3 is 2.58 bits per heavy atom. The summed E-state index contributed by atoms with van der Waals surface area (Å²) in [5.74, 6) is 0. The molecule has 1 saturated carbocycles. The van der Waals surface area contributed by atoms with Gasteiger partial charge in [0.1, 0.15) is 0 Å². The van der Waals surface area contributed by atoms with Gasteiger partial charge in [0, 0.05) is 24.3 Å². The standard InChI is InChI=1S/C16H26N2O/c1-13(17)15-9-5-6-10-16(15)18(11-12-19)14-7-3-2-4-8-14/h5-6,9-10,13-14,19H,2-4,7-8,11-12,17H2,1H3/t13-/m1/s1. The van der Waals surface area contributed by atoms with Crippen LogP contribution in [0.3, 0.4) is 0 Å². The minimum atomic E-state index is 0.0287. The van der Waals surface area contributed by atoms with Gasteiger partial charge in [-0.25, -0.2) is 0 Å². The summed E-state index contributed by atoms with van der Waals surface area (Å²) in [6.07, 6.45) is 6.40. The van der Waals surface area contributed by atoms with Crippen LogP contribution < -0.4 is 10.6 Å². The van der Waals surface area contributed by atoms with Crippen molar-refractivity contribution in [3.05, 3.63) is 29.8 Å². The first-order valence-electron chi connectivity index (χ1n) is 7.46. The fourth-order valence-electron chi connectivity index (χ4n) is 3.13. The molecule has 1 atom stereocenters. The smallest absolute Gasteiger partial charge is 0.0606 e. The molecule has 1 aliphatic carbocycles. The zero-order valence-corrected chi connectivity index (χ0v) is 11.9. The molecule has 2 rings (SSSR count). The van der Waals surface area contributed by atoms with E-state index >= 15 is 0 Å². The van der Waals surface area contributed by atoms with Crippen molar-refractivity contribution < 1.29 is 5.11 Å². The van der Waals surface area contributed by atoms with E-state index in [1.54, 1.807) is 0 Å². The summed E-state index contributed by atoms with van der Waals surface area (Å²) in [6.45, 7) is 2.93. The first kappa shape index (κ1) is 14.4. The summed E-state index contributed by atoms with van der Waals surface area (Å²) in [4.78, 5) is 2.37. The molecule has 3 heteroatoms. The monoisotopic (exact) mass is 262 g/mol. The minimum Gasteiger partial charge on any atom is -0.395 e. The average Bonchev–Trinajstić information content (AvgIpc) is 2.45. The molecule has 0 aliphatic heterocycles. The molecule has 3 N–H and O–H groups in total. The van der Waals surface area contributed by atoms with Crippen molar-refractivity contribution in [1.82, 2.24) is 0 Å². The van der Waals surface area contributed by atoms with Crippen LogP contribution >= 0.6 is 0 Å². The normalized spacial score (nSPS) is 18.3. The second kappa shape index (κ2) is 6.92. The number of aliphatic hydroxyl groups is 1. The summed E-state index contributed by atoms with van der Waals surface area (Å²) in [7, 11) is 0.